The van der Waals surface area contributed by atoms with E-state index in [9.17, 15) is 4.79 Å². The molecule has 0 aliphatic carbocycles. The van der Waals surface area contributed by atoms with Gasteiger partial charge in [0, 0.05) is 6.20 Å². The smallest absolute Gasteiger partial charge is 0.264 e. The van der Waals surface area contributed by atoms with Crippen molar-refractivity contribution in [2.24, 2.45) is 0 Å². The molecular formula is C14H11IN4O. The fraction of sp³-hybridized carbons (Fsp3) is 0.0714. The van der Waals surface area contributed by atoms with Crippen molar-refractivity contribution < 1.29 is 0 Å². The lowest BCUT2D eigenvalue weighted by Gasteiger charge is -2.01. The minimum absolute atomic E-state index is 0.124. The fourth-order valence-corrected chi connectivity index (χ4v) is 2.13. The Labute approximate surface area is 128 Å². The normalized spacial score (nSPS) is 10.7. The van der Waals surface area contributed by atoms with Gasteiger partial charge in [-0.05, 0) is 41.6 Å². The molecule has 2 aromatic heterocycles. The number of aromatic amines is 1. The summed E-state index contributed by atoms with van der Waals surface area (Å²) < 4.78 is 2.37. The Hall–Kier alpha value is -1.96. The van der Waals surface area contributed by atoms with E-state index in [1.165, 1.54) is 0 Å². The lowest BCUT2D eigenvalue weighted by Crippen LogP contribution is -2.14. The summed E-state index contributed by atoms with van der Waals surface area (Å²) in [5.74, 6) is 0.537. The Balaban J connectivity index is 2.05. The van der Waals surface area contributed by atoms with E-state index in [0.717, 1.165) is 16.9 Å². The highest BCUT2D eigenvalue weighted by atomic mass is 127. The Morgan fingerprint density at radius 2 is 2.00 bits per heavy atom. The molecule has 3 rings (SSSR count). The first-order valence-corrected chi connectivity index (χ1v) is 7.10. The lowest BCUT2D eigenvalue weighted by atomic mass is 10.3. The van der Waals surface area contributed by atoms with Gasteiger partial charge in [-0.15, -0.1) is 0 Å². The third-order valence-electron chi connectivity index (χ3n) is 2.91. The van der Waals surface area contributed by atoms with Crippen LogP contribution in [0.15, 0.2) is 47.5 Å². The molecule has 20 heavy (non-hydrogen) atoms. The van der Waals surface area contributed by atoms with Gasteiger partial charge in [-0.2, -0.15) is 5.10 Å². The van der Waals surface area contributed by atoms with Crippen molar-refractivity contribution in [1.29, 1.82) is 0 Å². The Morgan fingerprint density at radius 1 is 1.25 bits per heavy atom. The average molecular weight is 378 g/mol. The van der Waals surface area contributed by atoms with Crippen molar-refractivity contribution in [3.8, 4) is 17.1 Å². The number of nitrogens with one attached hydrogen (secondary N) is 1. The molecule has 0 spiro atoms. The molecular weight excluding hydrogens is 367 g/mol. The van der Waals surface area contributed by atoms with Crippen LogP contribution in [-0.2, 0) is 0 Å². The second-order valence-corrected chi connectivity index (χ2v) is 5.40. The number of halogens is 1. The van der Waals surface area contributed by atoms with Crippen LogP contribution >= 0.6 is 22.6 Å². The zero-order chi connectivity index (χ0) is 14.1. The first-order chi connectivity index (χ1) is 9.65. The minimum Gasteiger partial charge on any atom is -0.306 e. The van der Waals surface area contributed by atoms with Crippen molar-refractivity contribution in [1.82, 2.24) is 19.7 Å². The van der Waals surface area contributed by atoms with Crippen LogP contribution in [0, 0.1) is 10.5 Å². The fourth-order valence-electron chi connectivity index (χ4n) is 1.88. The van der Waals surface area contributed by atoms with Gasteiger partial charge in [0.05, 0.1) is 26.7 Å². The maximum absolute atomic E-state index is 11.8. The SMILES string of the molecule is Cc1nc(-c2cnn(-c3ccccc3)c2)[nH]c(=O)c1I. The van der Waals surface area contributed by atoms with Crippen LogP contribution in [0.5, 0.6) is 0 Å². The molecule has 0 aliphatic rings. The van der Waals surface area contributed by atoms with E-state index in [1.54, 1.807) is 10.9 Å². The zero-order valence-electron chi connectivity index (χ0n) is 10.7. The van der Waals surface area contributed by atoms with E-state index >= 15 is 0 Å². The number of aryl methyl sites for hydroxylation is 1. The van der Waals surface area contributed by atoms with E-state index in [0.29, 0.717) is 9.39 Å². The van der Waals surface area contributed by atoms with Gasteiger partial charge in [0.2, 0.25) is 0 Å². The number of H-pyrrole nitrogens is 1. The van der Waals surface area contributed by atoms with Crippen LogP contribution in [0.1, 0.15) is 5.69 Å². The van der Waals surface area contributed by atoms with Crippen LogP contribution in [0.2, 0.25) is 0 Å². The van der Waals surface area contributed by atoms with Crippen LogP contribution in [0.25, 0.3) is 17.1 Å². The second-order valence-electron chi connectivity index (χ2n) is 4.32. The Kier molecular flexibility index (Phi) is 3.39. The number of aromatic nitrogens is 4. The third-order valence-corrected chi connectivity index (χ3v) is 4.18. The first kappa shape index (κ1) is 13.0. The predicted octanol–water partition coefficient (Wildman–Crippen LogP) is 2.54. The van der Waals surface area contributed by atoms with E-state index in [-0.39, 0.29) is 5.56 Å². The van der Waals surface area contributed by atoms with E-state index in [2.05, 4.69) is 15.1 Å². The molecule has 1 N–H and O–H groups in total. The summed E-state index contributed by atoms with van der Waals surface area (Å²) in [6.07, 6.45) is 3.54. The highest BCUT2D eigenvalue weighted by molar-refractivity contribution is 14.1. The topological polar surface area (TPSA) is 63.6 Å². The highest BCUT2D eigenvalue weighted by Crippen LogP contribution is 2.16. The number of rotatable bonds is 2. The van der Waals surface area contributed by atoms with Crippen LogP contribution in [-0.4, -0.2) is 19.7 Å². The monoisotopic (exact) mass is 378 g/mol. The van der Waals surface area contributed by atoms with Gasteiger partial charge in [0.15, 0.2) is 0 Å². The quantitative estimate of drug-likeness (QED) is 0.698. The van der Waals surface area contributed by atoms with Gasteiger partial charge in [-0.3, -0.25) is 4.79 Å². The molecule has 3 aromatic rings. The molecule has 0 unspecified atom stereocenters. The van der Waals surface area contributed by atoms with Crippen molar-refractivity contribution >= 4 is 22.6 Å². The van der Waals surface area contributed by atoms with Crippen molar-refractivity contribution in [3.05, 3.63) is 62.3 Å². The predicted molar refractivity (Wildman–Crippen MR) is 84.9 cm³/mol. The summed E-state index contributed by atoms with van der Waals surface area (Å²) in [6, 6.07) is 9.78. The van der Waals surface area contributed by atoms with E-state index in [4.69, 9.17) is 0 Å². The van der Waals surface area contributed by atoms with Gasteiger partial charge in [-0.25, -0.2) is 9.67 Å². The molecule has 0 amide bonds. The molecule has 0 aliphatic heterocycles. The molecule has 0 saturated carbocycles. The van der Waals surface area contributed by atoms with Crippen LogP contribution in [0.3, 0.4) is 0 Å². The van der Waals surface area contributed by atoms with Gasteiger partial charge in [0.1, 0.15) is 5.82 Å². The molecule has 2 heterocycles. The number of benzene rings is 1. The number of nitrogens with zero attached hydrogens (tertiary/aromatic N) is 3. The Bertz CT molecular complexity index is 808. The van der Waals surface area contributed by atoms with Crippen LogP contribution < -0.4 is 5.56 Å². The van der Waals surface area contributed by atoms with Crippen molar-refractivity contribution in [2.75, 3.05) is 0 Å². The molecule has 100 valence electrons. The number of para-hydroxylation sites is 1. The van der Waals surface area contributed by atoms with Crippen molar-refractivity contribution in [2.45, 2.75) is 6.92 Å². The largest absolute Gasteiger partial charge is 0.306 e. The minimum atomic E-state index is -0.124. The maximum atomic E-state index is 11.8. The summed E-state index contributed by atoms with van der Waals surface area (Å²) in [5.41, 5.74) is 2.34. The maximum Gasteiger partial charge on any atom is 0.264 e. The van der Waals surface area contributed by atoms with Crippen molar-refractivity contribution in [3.63, 3.8) is 0 Å². The first-order valence-electron chi connectivity index (χ1n) is 6.02. The molecule has 0 saturated heterocycles. The molecule has 5 nitrogen and oxygen atoms in total. The van der Waals surface area contributed by atoms with E-state index < -0.39 is 0 Å². The average Bonchev–Trinajstić information content (AvgIpc) is 2.95. The molecule has 0 fully saturated rings. The molecule has 0 radical (unpaired) electrons. The lowest BCUT2D eigenvalue weighted by molar-refractivity contribution is 0.880. The molecule has 1 aromatic carbocycles. The second kappa shape index (κ2) is 5.20. The van der Waals surface area contributed by atoms with Gasteiger partial charge >= 0.3 is 0 Å². The van der Waals surface area contributed by atoms with Gasteiger partial charge in [0.25, 0.3) is 5.56 Å². The Morgan fingerprint density at radius 3 is 2.70 bits per heavy atom. The summed E-state index contributed by atoms with van der Waals surface area (Å²) in [5, 5.41) is 4.30. The van der Waals surface area contributed by atoms with Gasteiger partial charge < -0.3 is 4.98 Å². The van der Waals surface area contributed by atoms with E-state index in [1.807, 2.05) is 66.0 Å². The summed E-state index contributed by atoms with van der Waals surface area (Å²) in [4.78, 5) is 18.9. The third kappa shape index (κ3) is 2.38. The van der Waals surface area contributed by atoms with Crippen LogP contribution in [0.4, 0.5) is 0 Å². The summed E-state index contributed by atoms with van der Waals surface area (Å²) in [6.45, 7) is 1.82. The molecule has 0 bridgehead atoms. The number of hydrogen-bond donors (Lipinski definition) is 1. The van der Waals surface area contributed by atoms with Gasteiger partial charge in [-0.1, -0.05) is 18.2 Å². The zero-order valence-corrected chi connectivity index (χ0v) is 12.8. The summed E-state index contributed by atoms with van der Waals surface area (Å²) >= 11 is 1.99. The summed E-state index contributed by atoms with van der Waals surface area (Å²) in [7, 11) is 0. The molecule has 6 heteroatoms. The number of hydrogen-bond acceptors (Lipinski definition) is 3. The standard InChI is InChI=1S/C14H11IN4O/c1-9-12(15)14(20)18-13(17-9)10-7-16-19(8-10)11-5-3-2-4-6-11/h2-8H,1H3,(H,17,18,20). The molecule has 0 atom stereocenters. The highest BCUT2D eigenvalue weighted by Gasteiger charge is 2.09.